The molecule has 0 radical (unpaired) electrons. The second-order valence-electron chi connectivity index (χ2n) is 8.46. The van der Waals surface area contributed by atoms with Crippen molar-refractivity contribution in [3.8, 4) is 10.6 Å². The summed E-state index contributed by atoms with van der Waals surface area (Å²) in [5.74, 6) is -1.08. The Morgan fingerprint density at radius 2 is 1.91 bits per heavy atom. The van der Waals surface area contributed by atoms with Crippen molar-refractivity contribution in [1.82, 2.24) is 19.8 Å². The van der Waals surface area contributed by atoms with Gasteiger partial charge in [-0.15, -0.1) is 11.3 Å². The minimum Gasteiger partial charge on any atom is -0.309 e. The summed E-state index contributed by atoms with van der Waals surface area (Å²) < 4.78 is 15.0. The third-order valence-corrected chi connectivity index (χ3v) is 7.78. The largest absolute Gasteiger partial charge is 0.309 e. The minimum absolute atomic E-state index is 0.133. The van der Waals surface area contributed by atoms with E-state index in [4.69, 9.17) is 11.6 Å². The number of fused-ring (bicyclic) bond motifs is 2. The summed E-state index contributed by atoms with van der Waals surface area (Å²) in [5.41, 5.74) is 1.23. The highest BCUT2D eigenvalue weighted by molar-refractivity contribution is 7.13. The smallest absolute Gasteiger partial charge is 0.275 e. The molecule has 0 aliphatic carbocycles. The lowest BCUT2D eigenvalue weighted by Crippen LogP contribution is -2.58. The molecule has 2 aliphatic rings. The van der Waals surface area contributed by atoms with Crippen LogP contribution in [0.25, 0.3) is 10.6 Å². The van der Waals surface area contributed by atoms with Gasteiger partial charge in [0.15, 0.2) is 0 Å². The second-order valence-corrected chi connectivity index (χ2v) is 9.75. The van der Waals surface area contributed by atoms with Gasteiger partial charge >= 0.3 is 0 Å². The molecule has 1 unspecified atom stereocenters. The highest BCUT2D eigenvalue weighted by atomic mass is 35.5. The van der Waals surface area contributed by atoms with Gasteiger partial charge in [0, 0.05) is 59.0 Å². The average molecular weight is 505 g/mol. The number of thiazole rings is 1. The van der Waals surface area contributed by atoms with Gasteiger partial charge in [0.2, 0.25) is 0 Å². The van der Waals surface area contributed by atoms with Crippen LogP contribution >= 0.6 is 22.9 Å². The molecule has 0 saturated carbocycles. The van der Waals surface area contributed by atoms with Crippen molar-refractivity contribution in [3.05, 3.63) is 106 Å². The lowest BCUT2D eigenvalue weighted by Gasteiger charge is -2.47. The van der Waals surface area contributed by atoms with Gasteiger partial charge in [-0.2, -0.15) is 0 Å². The predicted molar refractivity (Wildman–Crippen MR) is 131 cm³/mol. The van der Waals surface area contributed by atoms with Gasteiger partial charge in [0.05, 0.1) is 0 Å². The molecule has 35 heavy (non-hydrogen) atoms. The van der Waals surface area contributed by atoms with E-state index in [1.807, 2.05) is 12.1 Å². The first kappa shape index (κ1) is 21.9. The number of halogens is 2. The molecule has 9 heteroatoms. The Kier molecular flexibility index (Phi) is 5.16. The normalized spacial score (nSPS) is 19.0. The van der Waals surface area contributed by atoms with Crippen molar-refractivity contribution in [2.75, 3.05) is 13.1 Å². The number of carbonyl (C=O) groups excluding carboxylic acids is 2. The van der Waals surface area contributed by atoms with Gasteiger partial charge in [-0.1, -0.05) is 29.8 Å². The Morgan fingerprint density at radius 1 is 1.09 bits per heavy atom. The van der Waals surface area contributed by atoms with Gasteiger partial charge in [0.25, 0.3) is 11.8 Å². The molecule has 4 aromatic rings. The van der Waals surface area contributed by atoms with Crippen LogP contribution in [0, 0.1) is 5.82 Å². The molecule has 174 valence electrons. The van der Waals surface area contributed by atoms with Crippen molar-refractivity contribution >= 4 is 34.8 Å². The molecule has 1 saturated heterocycles. The fraction of sp³-hybridized carbons (Fsp3) is 0.154. The summed E-state index contributed by atoms with van der Waals surface area (Å²) in [5, 5.41) is 2.92. The predicted octanol–water partition coefficient (Wildman–Crippen LogP) is 5.00. The first-order valence-electron chi connectivity index (χ1n) is 11.0. The van der Waals surface area contributed by atoms with Crippen LogP contribution in [0.5, 0.6) is 0 Å². The molecule has 2 aromatic carbocycles. The first-order chi connectivity index (χ1) is 17.0. The van der Waals surface area contributed by atoms with E-state index < -0.39 is 11.5 Å². The number of carbonyl (C=O) groups is 2. The van der Waals surface area contributed by atoms with Crippen LogP contribution in [-0.4, -0.2) is 44.7 Å². The van der Waals surface area contributed by atoms with Gasteiger partial charge < -0.3 is 9.80 Å². The van der Waals surface area contributed by atoms with E-state index >= 15 is 0 Å². The fourth-order valence-corrected chi connectivity index (χ4v) is 5.95. The minimum atomic E-state index is -1.19. The zero-order valence-corrected chi connectivity index (χ0v) is 19.9. The zero-order chi connectivity index (χ0) is 24.2. The van der Waals surface area contributed by atoms with Gasteiger partial charge in [-0.3, -0.25) is 14.6 Å². The van der Waals surface area contributed by atoms with Crippen LogP contribution in [-0.2, 0) is 12.1 Å². The van der Waals surface area contributed by atoms with E-state index in [1.54, 1.807) is 57.9 Å². The van der Waals surface area contributed by atoms with Crippen LogP contribution in [0.4, 0.5) is 4.39 Å². The Hall–Kier alpha value is -3.62. The number of benzene rings is 2. The molecule has 0 bridgehead atoms. The molecule has 4 heterocycles. The van der Waals surface area contributed by atoms with Crippen LogP contribution < -0.4 is 0 Å². The zero-order valence-electron chi connectivity index (χ0n) is 18.3. The third kappa shape index (κ3) is 3.36. The Bertz CT molecular complexity index is 1460. The van der Waals surface area contributed by atoms with E-state index in [-0.39, 0.29) is 23.9 Å². The van der Waals surface area contributed by atoms with Crippen molar-refractivity contribution in [2.45, 2.75) is 12.1 Å². The summed E-state index contributed by atoms with van der Waals surface area (Å²) in [7, 11) is 0. The molecule has 2 amide bonds. The maximum absolute atomic E-state index is 15.0. The first-order valence-corrected chi connectivity index (χ1v) is 12.3. The lowest BCUT2D eigenvalue weighted by atomic mass is 9.83. The van der Waals surface area contributed by atoms with Crippen molar-refractivity contribution in [1.29, 1.82) is 0 Å². The van der Waals surface area contributed by atoms with Crippen LogP contribution in [0.2, 0.25) is 5.02 Å². The second kappa shape index (κ2) is 8.25. The Balaban J connectivity index is 1.48. The maximum atomic E-state index is 15.0. The molecule has 0 N–H and O–H groups in total. The molecule has 6 nitrogen and oxygen atoms in total. The number of amides is 2. The summed E-state index contributed by atoms with van der Waals surface area (Å²) in [6.07, 6.45) is 3.50. The molecule has 2 aromatic heterocycles. The van der Waals surface area contributed by atoms with E-state index in [9.17, 15) is 14.0 Å². The van der Waals surface area contributed by atoms with Gasteiger partial charge in [-0.25, -0.2) is 9.37 Å². The van der Waals surface area contributed by atoms with Crippen LogP contribution in [0.1, 0.15) is 32.0 Å². The molecule has 1 atom stereocenters. The van der Waals surface area contributed by atoms with E-state index in [2.05, 4.69) is 9.97 Å². The van der Waals surface area contributed by atoms with Crippen molar-refractivity contribution < 1.29 is 14.0 Å². The van der Waals surface area contributed by atoms with Gasteiger partial charge in [-0.05, 0) is 42.0 Å². The number of nitrogens with zero attached hydrogens (tertiary/aromatic N) is 4. The number of hydrogen-bond donors (Lipinski definition) is 0. The topological polar surface area (TPSA) is 66.4 Å². The molecule has 2 aliphatic heterocycles. The molecule has 0 spiro atoms. The summed E-state index contributed by atoms with van der Waals surface area (Å²) in [6.45, 7) is 0.616. The van der Waals surface area contributed by atoms with Crippen LogP contribution in [0.3, 0.4) is 0 Å². The van der Waals surface area contributed by atoms with E-state index in [0.717, 1.165) is 5.56 Å². The molecular weight excluding hydrogens is 487 g/mol. The molecular formula is C26H18ClFN4O2S. The van der Waals surface area contributed by atoms with Crippen LogP contribution in [0.15, 0.2) is 72.4 Å². The summed E-state index contributed by atoms with van der Waals surface area (Å²) >= 11 is 7.50. The summed E-state index contributed by atoms with van der Waals surface area (Å²) in [6, 6.07) is 15.2. The Morgan fingerprint density at radius 3 is 2.69 bits per heavy atom. The van der Waals surface area contributed by atoms with Crippen molar-refractivity contribution in [3.63, 3.8) is 0 Å². The Labute approximate surface area is 209 Å². The number of pyridine rings is 1. The number of hydrogen-bond acceptors (Lipinski definition) is 5. The average Bonchev–Trinajstić information content (AvgIpc) is 3.52. The monoisotopic (exact) mass is 504 g/mol. The highest BCUT2D eigenvalue weighted by Gasteiger charge is 2.56. The van der Waals surface area contributed by atoms with Crippen molar-refractivity contribution in [2.24, 2.45) is 0 Å². The standard InChI is InChI=1S/C26H18ClFN4O2S/c27-18-8-6-17(7-9-18)26-13-20-19(4-1-5-21(20)28)24(33)31(26)11-12-32(26)25(34)22-15-35-23(30-22)16-3-2-10-29-14-16/h1-10,14-15H,11-13H2. The third-order valence-electron chi connectivity index (χ3n) is 6.64. The molecule has 1 fully saturated rings. The quantitative estimate of drug-likeness (QED) is 0.393. The van der Waals surface area contributed by atoms with Gasteiger partial charge in [0.1, 0.15) is 22.2 Å². The molecule has 6 rings (SSSR count). The number of aromatic nitrogens is 2. The fourth-order valence-electron chi connectivity index (χ4n) is 5.04. The SMILES string of the molecule is O=C(c1csc(-c2cccnc2)n1)N1CCN2C(=O)c3cccc(F)c3CC12c1ccc(Cl)cc1. The summed E-state index contributed by atoms with van der Waals surface area (Å²) in [4.78, 5) is 39.5. The van der Waals surface area contributed by atoms with E-state index in [1.165, 1.54) is 23.5 Å². The lowest BCUT2D eigenvalue weighted by molar-refractivity contribution is 0.00686. The van der Waals surface area contributed by atoms with E-state index in [0.29, 0.717) is 39.8 Å². The highest BCUT2D eigenvalue weighted by Crippen LogP contribution is 2.46. The maximum Gasteiger partial charge on any atom is 0.275 e. The number of rotatable bonds is 3.